The van der Waals surface area contributed by atoms with Gasteiger partial charge in [0.25, 0.3) is 0 Å². The maximum atomic E-state index is 12.6. The summed E-state index contributed by atoms with van der Waals surface area (Å²) < 4.78 is 1.63. The number of amides is 1. The standard InChI is InChI=1S/C18H22N6OS/c1-13-7-6-8-15(11-13)24-17(21-22-23-24)26-14(2)16(25)20-18(12-19)9-4-3-5-10-18/h6-8,11,14H,3-5,9-10H2,1-2H3,(H,20,25)/t14-/m1/s1. The molecule has 1 aliphatic rings. The molecule has 1 atom stereocenters. The molecule has 1 saturated carbocycles. The number of aromatic nitrogens is 4. The van der Waals surface area contributed by atoms with Gasteiger partial charge in [-0.2, -0.15) is 9.94 Å². The van der Waals surface area contributed by atoms with Gasteiger partial charge < -0.3 is 5.32 Å². The maximum absolute atomic E-state index is 12.6. The highest BCUT2D eigenvalue weighted by Crippen LogP contribution is 2.29. The van der Waals surface area contributed by atoms with Crippen molar-refractivity contribution >= 4 is 17.7 Å². The lowest BCUT2D eigenvalue weighted by molar-refractivity contribution is -0.121. The number of hydrogen-bond donors (Lipinski definition) is 1. The number of hydrogen-bond acceptors (Lipinski definition) is 6. The van der Waals surface area contributed by atoms with Gasteiger partial charge in [0.05, 0.1) is 17.0 Å². The molecule has 8 heteroatoms. The quantitative estimate of drug-likeness (QED) is 0.813. The van der Waals surface area contributed by atoms with Crippen LogP contribution in [0.3, 0.4) is 0 Å². The SMILES string of the molecule is Cc1cccc(-n2nnnc2S[C@H](C)C(=O)NC2(C#N)CCCCC2)c1. The molecule has 136 valence electrons. The number of tetrazole rings is 1. The minimum atomic E-state index is -0.730. The molecule has 1 amide bonds. The van der Waals surface area contributed by atoms with Crippen molar-refractivity contribution in [1.29, 1.82) is 5.26 Å². The van der Waals surface area contributed by atoms with Crippen molar-refractivity contribution in [3.05, 3.63) is 29.8 Å². The zero-order valence-corrected chi connectivity index (χ0v) is 15.8. The van der Waals surface area contributed by atoms with Crippen molar-refractivity contribution in [2.75, 3.05) is 0 Å². The average Bonchev–Trinajstić information content (AvgIpc) is 3.10. The molecule has 0 bridgehead atoms. The van der Waals surface area contributed by atoms with E-state index in [1.807, 2.05) is 38.1 Å². The van der Waals surface area contributed by atoms with Gasteiger partial charge >= 0.3 is 0 Å². The molecule has 1 aliphatic carbocycles. The summed E-state index contributed by atoms with van der Waals surface area (Å²) in [5.41, 5.74) is 1.23. The van der Waals surface area contributed by atoms with Crippen LogP contribution >= 0.6 is 11.8 Å². The molecule has 7 nitrogen and oxygen atoms in total. The average molecular weight is 370 g/mol. The van der Waals surface area contributed by atoms with E-state index in [1.54, 1.807) is 4.68 Å². The summed E-state index contributed by atoms with van der Waals surface area (Å²) in [5, 5.41) is 24.5. The first-order chi connectivity index (χ1) is 12.5. The van der Waals surface area contributed by atoms with E-state index < -0.39 is 10.8 Å². The Morgan fingerprint density at radius 3 is 2.85 bits per heavy atom. The number of benzene rings is 1. The number of aryl methyl sites for hydroxylation is 1. The van der Waals surface area contributed by atoms with E-state index in [4.69, 9.17) is 0 Å². The number of nitrogens with zero attached hydrogens (tertiary/aromatic N) is 5. The van der Waals surface area contributed by atoms with E-state index in [9.17, 15) is 10.1 Å². The van der Waals surface area contributed by atoms with Crippen molar-refractivity contribution in [2.24, 2.45) is 0 Å². The highest BCUT2D eigenvalue weighted by molar-refractivity contribution is 8.00. The molecular weight excluding hydrogens is 348 g/mol. The molecule has 0 spiro atoms. The number of nitriles is 1. The number of rotatable bonds is 5. The van der Waals surface area contributed by atoms with Crippen LogP contribution < -0.4 is 5.32 Å². The monoisotopic (exact) mass is 370 g/mol. The predicted octanol–water partition coefficient (Wildman–Crippen LogP) is 2.79. The molecule has 0 unspecified atom stereocenters. The van der Waals surface area contributed by atoms with Crippen LogP contribution in [0.2, 0.25) is 0 Å². The number of carbonyl (C=O) groups is 1. The van der Waals surface area contributed by atoms with Gasteiger partial charge in [-0.25, -0.2) is 0 Å². The third-order valence-corrected chi connectivity index (χ3v) is 5.66. The van der Waals surface area contributed by atoms with Gasteiger partial charge in [-0.1, -0.05) is 43.2 Å². The Balaban J connectivity index is 1.71. The molecule has 0 aliphatic heterocycles. The largest absolute Gasteiger partial charge is 0.337 e. The molecule has 1 aromatic carbocycles. The van der Waals surface area contributed by atoms with Crippen LogP contribution in [-0.4, -0.2) is 36.9 Å². The van der Waals surface area contributed by atoms with E-state index in [0.29, 0.717) is 18.0 Å². The van der Waals surface area contributed by atoms with Gasteiger partial charge in [0, 0.05) is 0 Å². The molecule has 1 heterocycles. The van der Waals surface area contributed by atoms with Crippen LogP contribution in [0.25, 0.3) is 5.69 Å². The third-order valence-electron chi connectivity index (χ3n) is 4.62. The summed E-state index contributed by atoms with van der Waals surface area (Å²) in [4.78, 5) is 12.6. The second-order valence-corrected chi connectivity index (χ2v) is 8.02. The van der Waals surface area contributed by atoms with Gasteiger partial charge in [0.15, 0.2) is 0 Å². The van der Waals surface area contributed by atoms with Crippen LogP contribution in [0.4, 0.5) is 0 Å². The Bertz CT molecular complexity index is 821. The summed E-state index contributed by atoms with van der Waals surface area (Å²) >= 11 is 1.29. The molecule has 0 saturated heterocycles. The smallest absolute Gasteiger partial charge is 0.234 e. The van der Waals surface area contributed by atoms with Crippen molar-refractivity contribution in [3.8, 4) is 11.8 Å². The molecule has 0 radical (unpaired) electrons. The summed E-state index contributed by atoms with van der Waals surface area (Å²) in [6.07, 6.45) is 4.50. The second kappa shape index (κ2) is 7.87. The molecule has 1 aromatic heterocycles. The second-order valence-electron chi connectivity index (χ2n) is 6.72. The van der Waals surface area contributed by atoms with E-state index in [1.165, 1.54) is 11.8 Å². The predicted molar refractivity (Wildman–Crippen MR) is 98.8 cm³/mol. The zero-order chi connectivity index (χ0) is 18.6. The molecule has 26 heavy (non-hydrogen) atoms. The fourth-order valence-corrected chi connectivity index (χ4v) is 3.95. The fraction of sp³-hybridized carbons (Fsp3) is 0.500. The first-order valence-corrected chi connectivity index (χ1v) is 9.66. The van der Waals surface area contributed by atoms with Gasteiger partial charge in [-0.15, -0.1) is 5.10 Å². The zero-order valence-electron chi connectivity index (χ0n) is 15.0. The van der Waals surface area contributed by atoms with Gasteiger partial charge in [0.2, 0.25) is 11.1 Å². The van der Waals surface area contributed by atoms with Crippen molar-refractivity contribution in [1.82, 2.24) is 25.5 Å². The Labute approximate surface area is 157 Å². The highest BCUT2D eigenvalue weighted by atomic mass is 32.2. The normalized spacial score (nSPS) is 17.3. The molecule has 2 aromatic rings. The fourth-order valence-electron chi connectivity index (χ4n) is 3.14. The van der Waals surface area contributed by atoms with E-state index >= 15 is 0 Å². The van der Waals surface area contributed by atoms with E-state index in [-0.39, 0.29) is 5.91 Å². The summed E-state index contributed by atoms with van der Waals surface area (Å²) in [7, 11) is 0. The number of thioether (sulfide) groups is 1. The van der Waals surface area contributed by atoms with Crippen molar-refractivity contribution < 1.29 is 4.79 Å². The lowest BCUT2D eigenvalue weighted by Crippen LogP contribution is -2.50. The van der Waals surface area contributed by atoms with Crippen molar-refractivity contribution in [3.63, 3.8) is 0 Å². The summed E-state index contributed by atoms with van der Waals surface area (Å²) in [6.45, 7) is 3.81. The summed E-state index contributed by atoms with van der Waals surface area (Å²) in [5.74, 6) is -0.155. The van der Waals surface area contributed by atoms with Crippen molar-refractivity contribution in [2.45, 2.75) is 61.9 Å². The van der Waals surface area contributed by atoms with E-state index in [2.05, 4.69) is 26.9 Å². The van der Waals surface area contributed by atoms with Crippen LogP contribution in [0, 0.1) is 18.3 Å². The number of carbonyl (C=O) groups excluding carboxylic acids is 1. The highest BCUT2D eigenvalue weighted by Gasteiger charge is 2.35. The molecular formula is C18H22N6OS. The Morgan fingerprint density at radius 2 is 2.15 bits per heavy atom. The van der Waals surface area contributed by atoms with E-state index in [0.717, 1.165) is 30.5 Å². The minimum absolute atomic E-state index is 0.155. The number of nitrogens with one attached hydrogen (secondary N) is 1. The van der Waals surface area contributed by atoms with Gasteiger partial charge in [-0.05, 0) is 54.8 Å². The molecule has 1 N–H and O–H groups in total. The maximum Gasteiger partial charge on any atom is 0.234 e. The third kappa shape index (κ3) is 4.05. The van der Waals surface area contributed by atoms with Crippen LogP contribution in [0.1, 0.15) is 44.6 Å². The Kier molecular flexibility index (Phi) is 5.57. The Morgan fingerprint density at radius 1 is 1.38 bits per heavy atom. The van der Waals surface area contributed by atoms with Crippen LogP contribution in [0.15, 0.2) is 29.4 Å². The first-order valence-electron chi connectivity index (χ1n) is 8.78. The molecule has 3 rings (SSSR count). The topological polar surface area (TPSA) is 96.5 Å². The molecule has 1 fully saturated rings. The van der Waals surface area contributed by atoms with Crippen LogP contribution in [-0.2, 0) is 4.79 Å². The van der Waals surface area contributed by atoms with Crippen LogP contribution in [0.5, 0.6) is 0 Å². The first kappa shape index (κ1) is 18.4. The summed E-state index contributed by atoms with van der Waals surface area (Å²) in [6, 6.07) is 10.2. The van der Waals surface area contributed by atoms with Gasteiger partial charge in [0.1, 0.15) is 5.54 Å². The van der Waals surface area contributed by atoms with Gasteiger partial charge in [-0.3, -0.25) is 4.79 Å². The lowest BCUT2D eigenvalue weighted by Gasteiger charge is -2.32. The lowest BCUT2D eigenvalue weighted by atomic mass is 9.83. The minimum Gasteiger partial charge on any atom is -0.337 e. The Hall–Kier alpha value is -2.40.